The molecule has 200 valence electrons. The first-order valence-electron chi connectivity index (χ1n) is 12.1. The van der Waals surface area contributed by atoms with E-state index in [0.717, 1.165) is 11.1 Å². The van der Waals surface area contributed by atoms with Gasteiger partial charge >= 0.3 is 0 Å². The maximum Gasteiger partial charge on any atom is 0.251 e. The zero-order chi connectivity index (χ0) is 27.3. The summed E-state index contributed by atoms with van der Waals surface area (Å²) in [7, 11) is -0.410. The van der Waals surface area contributed by atoms with Gasteiger partial charge < -0.3 is 25.4 Å². The number of nitrogens with one attached hydrogen (secondary N) is 3. The van der Waals surface area contributed by atoms with Gasteiger partial charge in [0.1, 0.15) is 6.04 Å². The van der Waals surface area contributed by atoms with Crippen molar-refractivity contribution in [1.82, 2.24) is 5.32 Å². The molecule has 1 atom stereocenters. The molecule has 1 heterocycles. The van der Waals surface area contributed by atoms with Crippen molar-refractivity contribution in [3.8, 4) is 11.5 Å². The van der Waals surface area contributed by atoms with Gasteiger partial charge in [-0.2, -0.15) is 0 Å². The molecule has 0 unspecified atom stereocenters. The molecule has 10 heteroatoms. The van der Waals surface area contributed by atoms with E-state index < -0.39 is 21.8 Å². The number of carbonyl (C=O) groups excluding carboxylic acids is 2. The van der Waals surface area contributed by atoms with Crippen LogP contribution in [0.1, 0.15) is 27.0 Å². The van der Waals surface area contributed by atoms with E-state index in [0.29, 0.717) is 47.0 Å². The first-order chi connectivity index (χ1) is 18.2. The van der Waals surface area contributed by atoms with Gasteiger partial charge in [0.25, 0.3) is 5.91 Å². The van der Waals surface area contributed by atoms with E-state index in [2.05, 4.69) is 16.0 Å². The van der Waals surface area contributed by atoms with Gasteiger partial charge in [-0.25, -0.2) is 8.42 Å². The number of anilines is 2. The third-order valence-electron chi connectivity index (χ3n) is 6.22. The highest BCUT2D eigenvalue weighted by atomic mass is 32.2. The van der Waals surface area contributed by atoms with Crippen LogP contribution in [0.15, 0.2) is 60.7 Å². The number of carbonyl (C=O) groups is 2. The van der Waals surface area contributed by atoms with Gasteiger partial charge in [0.2, 0.25) is 5.91 Å². The van der Waals surface area contributed by atoms with Crippen molar-refractivity contribution in [3.05, 3.63) is 82.9 Å². The van der Waals surface area contributed by atoms with E-state index in [4.69, 9.17) is 9.47 Å². The molecule has 3 N–H and O–H groups in total. The summed E-state index contributed by atoms with van der Waals surface area (Å²) in [5.74, 6) is 0.0216. The first kappa shape index (κ1) is 27.0. The Morgan fingerprint density at radius 2 is 1.74 bits per heavy atom. The molecule has 0 fully saturated rings. The third-order valence-corrected chi connectivity index (χ3v) is 7.84. The highest BCUT2D eigenvalue weighted by Gasteiger charge is 2.30. The molecular weight excluding hydrogens is 506 g/mol. The SMILES string of the molecule is COc1ccc(CCNC(=O)c2ccc3c(c2)NC(=O)[C@@H](CS(=O)(=O)Cc2cccc(C)c2)N3)cc1OC. The van der Waals surface area contributed by atoms with Crippen LogP contribution in [0.5, 0.6) is 11.5 Å². The van der Waals surface area contributed by atoms with Gasteiger partial charge in [0.15, 0.2) is 21.3 Å². The van der Waals surface area contributed by atoms with Crippen LogP contribution in [0.4, 0.5) is 11.4 Å². The van der Waals surface area contributed by atoms with Crippen molar-refractivity contribution in [2.45, 2.75) is 25.1 Å². The predicted molar refractivity (Wildman–Crippen MR) is 147 cm³/mol. The summed E-state index contributed by atoms with van der Waals surface area (Å²) >= 11 is 0. The highest BCUT2D eigenvalue weighted by Crippen LogP contribution is 2.29. The fourth-order valence-electron chi connectivity index (χ4n) is 4.33. The smallest absolute Gasteiger partial charge is 0.251 e. The number of ether oxygens (including phenoxy) is 2. The van der Waals surface area contributed by atoms with Gasteiger partial charge in [-0.05, 0) is 54.8 Å². The number of methoxy groups -OCH3 is 2. The Kier molecular flexibility index (Phi) is 8.21. The topological polar surface area (TPSA) is 123 Å². The molecule has 0 aliphatic carbocycles. The molecule has 3 aromatic rings. The molecule has 0 radical (unpaired) electrons. The minimum atomic E-state index is -3.55. The second-order valence-electron chi connectivity index (χ2n) is 9.19. The van der Waals surface area contributed by atoms with Crippen molar-refractivity contribution < 1.29 is 27.5 Å². The summed E-state index contributed by atoms with van der Waals surface area (Å²) in [6.07, 6.45) is 0.591. The van der Waals surface area contributed by atoms with Crippen molar-refractivity contribution in [3.63, 3.8) is 0 Å². The predicted octanol–water partition coefficient (Wildman–Crippen LogP) is 3.33. The zero-order valence-electron chi connectivity index (χ0n) is 21.5. The van der Waals surface area contributed by atoms with Gasteiger partial charge in [-0.15, -0.1) is 0 Å². The molecule has 1 aliphatic rings. The Labute approximate surface area is 222 Å². The highest BCUT2D eigenvalue weighted by molar-refractivity contribution is 7.90. The fourth-order valence-corrected chi connectivity index (χ4v) is 5.88. The normalized spacial score (nSPS) is 14.6. The Morgan fingerprint density at radius 1 is 0.947 bits per heavy atom. The van der Waals surface area contributed by atoms with Crippen LogP contribution in [0.3, 0.4) is 0 Å². The number of aryl methyl sites for hydroxylation is 1. The van der Waals surface area contributed by atoms with E-state index in [9.17, 15) is 18.0 Å². The third kappa shape index (κ3) is 6.63. The van der Waals surface area contributed by atoms with Crippen LogP contribution >= 0.6 is 0 Å². The monoisotopic (exact) mass is 537 g/mol. The standard InChI is InChI=1S/C28H31N3O6S/c1-18-5-4-6-20(13-18)16-38(34,35)17-24-28(33)31-23-15-21(8-9-22(23)30-24)27(32)29-12-11-19-7-10-25(36-2)26(14-19)37-3/h4-10,13-15,24,30H,11-12,16-17H2,1-3H3,(H,29,32)(H,31,33)/t24-/m1/s1. The summed E-state index contributed by atoms with van der Waals surface area (Å²) < 4.78 is 36.1. The largest absolute Gasteiger partial charge is 0.493 e. The Hall–Kier alpha value is -4.05. The molecule has 0 aromatic heterocycles. The Morgan fingerprint density at radius 3 is 2.47 bits per heavy atom. The molecular formula is C28H31N3O6S. The lowest BCUT2D eigenvalue weighted by atomic mass is 10.1. The van der Waals surface area contributed by atoms with E-state index in [1.165, 1.54) is 0 Å². The number of hydrogen-bond donors (Lipinski definition) is 3. The summed E-state index contributed by atoms with van der Waals surface area (Å²) in [6.45, 7) is 2.30. The Bertz CT molecular complexity index is 1450. The second kappa shape index (κ2) is 11.6. The van der Waals surface area contributed by atoms with Crippen molar-refractivity contribution >= 4 is 33.0 Å². The first-order valence-corrected chi connectivity index (χ1v) is 14.0. The molecule has 4 rings (SSSR count). The summed E-state index contributed by atoms with van der Waals surface area (Å²) in [6, 6.07) is 16.8. The minimum Gasteiger partial charge on any atom is -0.493 e. The van der Waals surface area contributed by atoms with Gasteiger partial charge in [-0.3, -0.25) is 9.59 Å². The van der Waals surface area contributed by atoms with Crippen molar-refractivity contribution in [2.24, 2.45) is 0 Å². The molecule has 0 saturated carbocycles. The molecule has 2 amide bonds. The molecule has 38 heavy (non-hydrogen) atoms. The number of amides is 2. The summed E-state index contributed by atoms with van der Waals surface area (Å²) in [4.78, 5) is 25.4. The lowest BCUT2D eigenvalue weighted by molar-refractivity contribution is -0.116. The number of rotatable bonds is 10. The van der Waals surface area contributed by atoms with Crippen LogP contribution < -0.4 is 25.4 Å². The summed E-state index contributed by atoms with van der Waals surface area (Å²) in [5, 5.41) is 8.62. The van der Waals surface area contributed by atoms with E-state index in [1.807, 2.05) is 43.3 Å². The number of fused-ring (bicyclic) bond motifs is 1. The van der Waals surface area contributed by atoms with Gasteiger partial charge in [-0.1, -0.05) is 35.9 Å². The maximum absolute atomic E-state index is 12.8. The quantitative estimate of drug-likeness (QED) is 0.363. The van der Waals surface area contributed by atoms with Crippen molar-refractivity contribution in [1.29, 1.82) is 0 Å². The van der Waals surface area contributed by atoms with Crippen LogP contribution in [0.2, 0.25) is 0 Å². The maximum atomic E-state index is 12.8. The number of sulfone groups is 1. The lowest BCUT2D eigenvalue weighted by Crippen LogP contribution is -2.43. The van der Waals surface area contributed by atoms with Crippen molar-refractivity contribution in [2.75, 3.05) is 37.2 Å². The minimum absolute atomic E-state index is 0.143. The van der Waals surface area contributed by atoms with E-state index in [-0.39, 0.29) is 17.4 Å². The molecule has 0 saturated heterocycles. The number of benzene rings is 3. The van der Waals surface area contributed by atoms with E-state index in [1.54, 1.807) is 38.5 Å². The molecule has 0 spiro atoms. The average molecular weight is 538 g/mol. The van der Waals surface area contributed by atoms with Crippen LogP contribution in [0.25, 0.3) is 0 Å². The number of hydrogen-bond acceptors (Lipinski definition) is 7. The molecule has 0 bridgehead atoms. The average Bonchev–Trinajstić information content (AvgIpc) is 2.88. The van der Waals surface area contributed by atoms with Crippen LogP contribution in [-0.4, -0.2) is 52.8 Å². The second-order valence-corrected chi connectivity index (χ2v) is 11.3. The van der Waals surface area contributed by atoms with Gasteiger partial charge in [0.05, 0.1) is 37.1 Å². The Balaban J connectivity index is 1.35. The van der Waals surface area contributed by atoms with Gasteiger partial charge in [0, 0.05) is 12.1 Å². The van der Waals surface area contributed by atoms with E-state index >= 15 is 0 Å². The summed E-state index contributed by atoms with van der Waals surface area (Å²) in [5.41, 5.74) is 4.00. The van der Waals surface area contributed by atoms with Crippen LogP contribution in [0, 0.1) is 6.92 Å². The molecule has 1 aliphatic heterocycles. The molecule has 3 aromatic carbocycles. The van der Waals surface area contributed by atoms with Crippen LogP contribution in [-0.2, 0) is 26.8 Å². The fraction of sp³-hybridized carbons (Fsp3) is 0.286. The molecule has 9 nitrogen and oxygen atoms in total. The lowest BCUT2D eigenvalue weighted by Gasteiger charge is -2.27. The zero-order valence-corrected chi connectivity index (χ0v) is 22.4.